The Labute approximate surface area is 135 Å². The van der Waals surface area contributed by atoms with Crippen molar-refractivity contribution in [2.75, 3.05) is 19.8 Å². The zero-order valence-corrected chi connectivity index (χ0v) is 14.2. The fourth-order valence-electron chi connectivity index (χ4n) is 3.35. The quantitative estimate of drug-likeness (QED) is 0.709. The van der Waals surface area contributed by atoms with Crippen LogP contribution < -0.4 is 10.6 Å². The first kappa shape index (κ1) is 18.7. The van der Waals surface area contributed by atoms with Gasteiger partial charge in [-0.1, -0.05) is 26.7 Å². The number of fused-ring (bicyclic) bond motifs is 1. The summed E-state index contributed by atoms with van der Waals surface area (Å²) in [5.74, 6) is 1.49. The van der Waals surface area contributed by atoms with Crippen molar-refractivity contribution in [1.29, 1.82) is 0 Å². The van der Waals surface area contributed by atoms with Crippen LogP contribution in [-0.4, -0.2) is 37.7 Å². The van der Waals surface area contributed by atoms with Gasteiger partial charge in [0.2, 0.25) is 5.91 Å². The summed E-state index contributed by atoms with van der Waals surface area (Å²) >= 11 is 0. The molecule has 5 heteroatoms. The van der Waals surface area contributed by atoms with Crippen molar-refractivity contribution < 1.29 is 9.53 Å². The van der Waals surface area contributed by atoms with Crippen molar-refractivity contribution in [1.82, 2.24) is 10.6 Å². The summed E-state index contributed by atoms with van der Waals surface area (Å²) in [6, 6.07) is 0.633. The SMILES string of the molecule is CC(C)COCCCNC(=O)C1CC2CCCCC2N1.Cl. The first-order valence-electron chi connectivity index (χ1n) is 8.28. The summed E-state index contributed by atoms with van der Waals surface area (Å²) in [7, 11) is 0. The number of carbonyl (C=O) groups is 1. The molecule has 0 aromatic heterocycles. The van der Waals surface area contributed by atoms with Crippen molar-refractivity contribution in [3.8, 4) is 0 Å². The summed E-state index contributed by atoms with van der Waals surface area (Å²) in [6.07, 6.45) is 7.13. The molecule has 0 spiro atoms. The minimum Gasteiger partial charge on any atom is -0.381 e. The van der Waals surface area contributed by atoms with Crippen LogP contribution in [0.25, 0.3) is 0 Å². The van der Waals surface area contributed by atoms with Gasteiger partial charge in [0.15, 0.2) is 0 Å². The van der Waals surface area contributed by atoms with Gasteiger partial charge in [0, 0.05) is 25.8 Å². The molecular weight excluding hydrogens is 288 g/mol. The molecule has 4 nitrogen and oxygen atoms in total. The molecule has 124 valence electrons. The number of hydrogen-bond acceptors (Lipinski definition) is 3. The van der Waals surface area contributed by atoms with Gasteiger partial charge in [0.1, 0.15) is 0 Å². The van der Waals surface area contributed by atoms with E-state index in [4.69, 9.17) is 4.74 Å². The van der Waals surface area contributed by atoms with Crippen molar-refractivity contribution in [3.63, 3.8) is 0 Å². The average Bonchev–Trinajstić information content (AvgIpc) is 2.86. The van der Waals surface area contributed by atoms with E-state index in [1.165, 1.54) is 25.7 Å². The van der Waals surface area contributed by atoms with Crippen molar-refractivity contribution in [2.24, 2.45) is 11.8 Å². The molecule has 1 aliphatic carbocycles. The van der Waals surface area contributed by atoms with E-state index in [0.717, 1.165) is 38.5 Å². The van der Waals surface area contributed by atoms with Crippen molar-refractivity contribution in [2.45, 2.75) is 64.5 Å². The minimum atomic E-state index is 0. The number of ether oxygens (including phenoxy) is 1. The van der Waals surface area contributed by atoms with E-state index in [0.29, 0.717) is 12.0 Å². The fraction of sp³-hybridized carbons (Fsp3) is 0.938. The van der Waals surface area contributed by atoms with Crippen molar-refractivity contribution >= 4 is 18.3 Å². The molecule has 0 aromatic rings. The molecule has 1 saturated heterocycles. The van der Waals surface area contributed by atoms with Gasteiger partial charge in [-0.05, 0) is 37.5 Å². The number of hydrogen-bond donors (Lipinski definition) is 2. The standard InChI is InChI=1S/C16H30N2O2.ClH/c1-12(2)11-20-9-5-8-17-16(19)15-10-13-6-3-4-7-14(13)18-15;/h12-15,18H,3-11H2,1-2H3,(H,17,19);1H. The number of amides is 1. The molecule has 2 fully saturated rings. The van der Waals surface area contributed by atoms with Gasteiger partial charge >= 0.3 is 0 Å². The Morgan fingerprint density at radius 3 is 2.81 bits per heavy atom. The monoisotopic (exact) mass is 318 g/mol. The highest BCUT2D eigenvalue weighted by atomic mass is 35.5. The van der Waals surface area contributed by atoms with Crippen LogP contribution in [0.4, 0.5) is 0 Å². The summed E-state index contributed by atoms with van der Waals surface area (Å²) < 4.78 is 5.51. The first-order valence-corrected chi connectivity index (χ1v) is 8.28. The number of nitrogens with one attached hydrogen (secondary N) is 2. The molecule has 1 heterocycles. The predicted octanol–water partition coefficient (Wildman–Crippen LogP) is 2.51. The Balaban J connectivity index is 0.00000220. The van der Waals surface area contributed by atoms with Gasteiger partial charge in [-0.2, -0.15) is 0 Å². The molecule has 3 unspecified atom stereocenters. The third-order valence-corrected chi connectivity index (χ3v) is 4.40. The highest BCUT2D eigenvalue weighted by Crippen LogP contribution is 2.33. The van der Waals surface area contributed by atoms with Crippen LogP contribution in [-0.2, 0) is 9.53 Å². The molecule has 0 radical (unpaired) electrons. The van der Waals surface area contributed by atoms with Crippen LogP contribution in [0, 0.1) is 11.8 Å². The van der Waals surface area contributed by atoms with E-state index < -0.39 is 0 Å². The van der Waals surface area contributed by atoms with Crippen LogP contribution in [0.3, 0.4) is 0 Å². The van der Waals surface area contributed by atoms with Crippen LogP contribution in [0.2, 0.25) is 0 Å². The van der Waals surface area contributed by atoms with Crippen molar-refractivity contribution in [3.05, 3.63) is 0 Å². The van der Waals surface area contributed by atoms with Crippen LogP contribution >= 0.6 is 12.4 Å². The Morgan fingerprint density at radius 1 is 1.33 bits per heavy atom. The zero-order chi connectivity index (χ0) is 14.4. The van der Waals surface area contributed by atoms with Gasteiger partial charge in [-0.25, -0.2) is 0 Å². The van der Waals surface area contributed by atoms with E-state index in [-0.39, 0.29) is 24.4 Å². The first-order chi connectivity index (χ1) is 9.66. The second-order valence-corrected chi connectivity index (χ2v) is 6.72. The molecule has 0 bridgehead atoms. The molecule has 0 aromatic carbocycles. The summed E-state index contributed by atoms with van der Waals surface area (Å²) in [4.78, 5) is 12.1. The fourth-order valence-corrected chi connectivity index (χ4v) is 3.35. The number of rotatable bonds is 7. The van der Waals surface area contributed by atoms with Gasteiger partial charge < -0.3 is 15.4 Å². The smallest absolute Gasteiger partial charge is 0.237 e. The minimum absolute atomic E-state index is 0. The van der Waals surface area contributed by atoms with E-state index >= 15 is 0 Å². The number of halogens is 1. The third-order valence-electron chi connectivity index (χ3n) is 4.40. The highest BCUT2D eigenvalue weighted by Gasteiger charge is 2.37. The van der Waals surface area contributed by atoms with Crippen LogP contribution in [0.15, 0.2) is 0 Å². The third kappa shape index (κ3) is 6.13. The summed E-state index contributed by atoms with van der Waals surface area (Å²) in [5, 5.41) is 6.56. The molecule has 2 rings (SSSR count). The maximum atomic E-state index is 12.1. The van der Waals surface area contributed by atoms with Gasteiger partial charge in [0.05, 0.1) is 6.04 Å². The van der Waals surface area contributed by atoms with E-state index in [1.807, 2.05) is 0 Å². The van der Waals surface area contributed by atoms with E-state index in [2.05, 4.69) is 24.5 Å². The lowest BCUT2D eigenvalue weighted by molar-refractivity contribution is -0.122. The second-order valence-electron chi connectivity index (χ2n) is 6.72. The molecule has 21 heavy (non-hydrogen) atoms. The molecule has 1 aliphatic heterocycles. The lowest BCUT2D eigenvalue weighted by Crippen LogP contribution is -2.43. The van der Waals surface area contributed by atoms with E-state index in [1.54, 1.807) is 0 Å². The molecule has 2 N–H and O–H groups in total. The topological polar surface area (TPSA) is 50.4 Å². The second kappa shape index (κ2) is 9.65. The maximum absolute atomic E-state index is 12.1. The van der Waals surface area contributed by atoms with Gasteiger partial charge in [0.25, 0.3) is 0 Å². The molecule has 2 aliphatic rings. The average molecular weight is 319 g/mol. The Kier molecular flexibility index (Phi) is 8.60. The summed E-state index contributed by atoms with van der Waals surface area (Å²) in [6.45, 7) is 6.56. The predicted molar refractivity (Wildman–Crippen MR) is 87.8 cm³/mol. The Bertz CT molecular complexity index is 299. The highest BCUT2D eigenvalue weighted by molar-refractivity contribution is 5.85. The van der Waals surface area contributed by atoms with E-state index in [9.17, 15) is 4.79 Å². The molecule has 1 saturated carbocycles. The Morgan fingerprint density at radius 2 is 2.10 bits per heavy atom. The lowest BCUT2D eigenvalue weighted by atomic mass is 9.85. The summed E-state index contributed by atoms with van der Waals surface area (Å²) in [5.41, 5.74) is 0. The molecule has 1 amide bonds. The largest absolute Gasteiger partial charge is 0.381 e. The molecular formula is C16H31ClN2O2. The van der Waals surface area contributed by atoms with Crippen LogP contribution in [0.1, 0.15) is 52.4 Å². The number of carbonyl (C=O) groups excluding carboxylic acids is 1. The zero-order valence-electron chi connectivity index (χ0n) is 13.4. The molecule has 3 atom stereocenters. The Hall–Kier alpha value is -0.320. The lowest BCUT2D eigenvalue weighted by Gasteiger charge is -2.24. The maximum Gasteiger partial charge on any atom is 0.237 e. The van der Waals surface area contributed by atoms with Gasteiger partial charge in [-0.3, -0.25) is 4.79 Å². The van der Waals surface area contributed by atoms with Gasteiger partial charge in [-0.15, -0.1) is 12.4 Å². The van der Waals surface area contributed by atoms with Crippen LogP contribution in [0.5, 0.6) is 0 Å². The normalized spacial score (nSPS) is 28.0.